The predicted molar refractivity (Wildman–Crippen MR) is 112 cm³/mol. The molecule has 0 spiro atoms. The Hall–Kier alpha value is -3.68. The molecule has 2 aromatic heterocycles. The Morgan fingerprint density at radius 2 is 1.93 bits per heavy atom. The molecule has 0 atom stereocenters. The van der Waals surface area contributed by atoms with E-state index in [2.05, 4.69) is 15.3 Å². The number of benzene rings is 2. The van der Waals surface area contributed by atoms with Gasteiger partial charge in [0.2, 0.25) is 5.43 Å². The van der Waals surface area contributed by atoms with Crippen molar-refractivity contribution in [2.45, 2.75) is 0 Å². The second kappa shape index (κ2) is 6.73. The van der Waals surface area contributed by atoms with E-state index in [1.807, 2.05) is 43.3 Å². The van der Waals surface area contributed by atoms with Crippen LogP contribution in [0.4, 0.5) is 10.1 Å². The first-order valence-corrected chi connectivity index (χ1v) is 9.03. The highest BCUT2D eigenvalue weighted by molar-refractivity contribution is 6.05. The average molecular weight is 393 g/mol. The Kier molecular flexibility index (Phi) is 4.34. The van der Waals surface area contributed by atoms with Crippen LogP contribution in [0.2, 0.25) is 0 Å². The number of imidazole rings is 1. The minimum Gasteiger partial charge on any atom is -0.378 e. The van der Waals surface area contributed by atoms with Gasteiger partial charge in [0.15, 0.2) is 0 Å². The van der Waals surface area contributed by atoms with Gasteiger partial charge in [0.1, 0.15) is 28.2 Å². The molecule has 8 heteroatoms. The van der Waals surface area contributed by atoms with Crippen LogP contribution in [0.25, 0.3) is 33.3 Å². The van der Waals surface area contributed by atoms with Crippen molar-refractivity contribution in [3.8, 4) is 11.4 Å². The summed E-state index contributed by atoms with van der Waals surface area (Å²) in [6.07, 6.45) is 1.33. The molecule has 0 bridgehead atoms. The molecule has 0 aliphatic heterocycles. The summed E-state index contributed by atoms with van der Waals surface area (Å²) in [5.41, 5.74) is 2.27. The second-order valence-corrected chi connectivity index (χ2v) is 7.02. The number of fused-ring (bicyclic) bond motifs is 3. The van der Waals surface area contributed by atoms with Crippen molar-refractivity contribution >= 4 is 33.5 Å². The minimum absolute atomic E-state index is 0.0748. The maximum absolute atomic E-state index is 14.9. The van der Waals surface area contributed by atoms with Gasteiger partial charge < -0.3 is 19.8 Å². The minimum atomic E-state index is -0.571. The Morgan fingerprint density at radius 1 is 1.24 bits per heavy atom. The predicted octanol–water partition coefficient (Wildman–Crippen LogP) is 2.65. The van der Waals surface area contributed by atoms with E-state index in [1.165, 1.54) is 13.2 Å². The Bertz CT molecular complexity index is 1320. The zero-order chi connectivity index (χ0) is 20.9. The monoisotopic (exact) mass is 393 g/mol. The molecule has 29 heavy (non-hydrogen) atoms. The maximum atomic E-state index is 14.9. The number of halogens is 1. The number of nitrogens with one attached hydrogen (secondary N) is 2. The third-order valence-corrected chi connectivity index (χ3v) is 5.06. The van der Waals surface area contributed by atoms with E-state index in [1.54, 1.807) is 11.6 Å². The number of aromatic nitrogens is 3. The molecule has 0 saturated heterocycles. The molecule has 0 fully saturated rings. The van der Waals surface area contributed by atoms with Crippen molar-refractivity contribution in [3.63, 3.8) is 0 Å². The van der Waals surface area contributed by atoms with Crippen molar-refractivity contribution in [2.75, 3.05) is 26.0 Å². The van der Waals surface area contributed by atoms with Crippen LogP contribution in [0.15, 0.2) is 41.3 Å². The molecule has 1 amide bonds. The molecular weight excluding hydrogens is 373 g/mol. The summed E-state index contributed by atoms with van der Waals surface area (Å²) in [4.78, 5) is 34.2. The van der Waals surface area contributed by atoms with Crippen molar-refractivity contribution in [3.05, 3.63) is 58.1 Å². The quantitative estimate of drug-likeness (QED) is 0.561. The van der Waals surface area contributed by atoms with Crippen LogP contribution in [-0.2, 0) is 7.05 Å². The standard InChI is InChI=1S/C21H20FN5O2/c1-23-21(29)14-10-24-16-13(19(14)28)9-15(22)18-17(16)25-20(27(18)4)11-5-7-12(8-6-11)26(2)3/h5-10H,1-4H3,(H,23,29)(H,24,28). The van der Waals surface area contributed by atoms with Gasteiger partial charge in [-0.25, -0.2) is 9.37 Å². The third-order valence-electron chi connectivity index (χ3n) is 5.06. The molecule has 0 radical (unpaired) electrons. The van der Waals surface area contributed by atoms with E-state index in [-0.39, 0.29) is 16.5 Å². The number of rotatable bonds is 3. The van der Waals surface area contributed by atoms with E-state index in [0.717, 1.165) is 17.3 Å². The molecule has 148 valence electrons. The summed E-state index contributed by atoms with van der Waals surface area (Å²) in [5, 5.41) is 2.50. The Balaban J connectivity index is 1.98. The maximum Gasteiger partial charge on any atom is 0.256 e. The molecule has 4 aromatic rings. The van der Waals surface area contributed by atoms with Crippen LogP contribution in [-0.4, -0.2) is 41.6 Å². The van der Waals surface area contributed by atoms with Crippen molar-refractivity contribution in [2.24, 2.45) is 7.05 Å². The van der Waals surface area contributed by atoms with E-state index in [0.29, 0.717) is 16.9 Å². The number of anilines is 1. The molecule has 4 rings (SSSR count). The summed E-state index contributed by atoms with van der Waals surface area (Å²) in [6, 6.07) is 8.91. The fraction of sp³-hybridized carbons (Fsp3) is 0.190. The average Bonchev–Trinajstić information content (AvgIpc) is 3.06. The van der Waals surface area contributed by atoms with Gasteiger partial charge in [0, 0.05) is 45.6 Å². The number of amides is 1. The van der Waals surface area contributed by atoms with Crippen LogP contribution in [0, 0.1) is 5.82 Å². The van der Waals surface area contributed by atoms with E-state index < -0.39 is 17.2 Å². The van der Waals surface area contributed by atoms with Gasteiger partial charge in [-0.1, -0.05) is 0 Å². The highest BCUT2D eigenvalue weighted by atomic mass is 19.1. The molecule has 0 saturated carbocycles. The fourth-order valence-corrected chi connectivity index (χ4v) is 3.49. The van der Waals surface area contributed by atoms with Gasteiger partial charge in [0.05, 0.1) is 10.9 Å². The highest BCUT2D eigenvalue weighted by Gasteiger charge is 2.20. The van der Waals surface area contributed by atoms with Crippen LogP contribution >= 0.6 is 0 Å². The van der Waals surface area contributed by atoms with Crippen LogP contribution in [0.3, 0.4) is 0 Å². The lowest BCUT2D eigenvalue weighted by molar-refractivity contribution is 0.0962. The lowest BCUT2D eigenvalue weighted by atomic mass is 10.1. The van der Waals surface area contributed by atoms with Gasteiger partial charge >= 0.3 is 0 Å². The molecule has 2 heterocycles. The lowest BCUT2D eigenvalue weighted by Crippen LogP contribution is -2.25. The van der Waals surface area contributed by atoms with E-state index in [9.17, 15) is 14.0 Å². The summed E-state index contributed by atoms with van der Waals surface area (Å²) < 4.78 is 16.6. The van der Waals surface area contributed by atoms with Gasteiger partial charge in [-0.15, -0.1) is 0 Å². The summed E-state index contributed by atoms with van der Waals surface area (Å²) in [6.45, 7) is 0. The number of carbonyl (C=O) groups is 1. The van der Waals surface area contributed by atoms with Crippen molar-refractivity contribution in [1.82, 2.24) is 19.9 Å². The second-order valence-electron chi connectivity index (χ2n) is 7.02. The number of hydrogen-bond acceptors (Lipinski definition) is 4. The van der Waals surface area contributed by atoms with E-state index >= 15 is 0 Å². The zero-order valence-corrected chi connectivity index (χ0v) is 16.5. The summed E-state index contributed by atoms with van der Waals surface area (Å²) >= 11 is 0. The van der Waals surface area contributed by atoms with Gasteiger partial charge in [-0.2, -0.15) is 0 Å². The Labute approximate surface area is 165 Å². The van der Waals surface area contributed by atoms with Gasteiger partial charge in [-0.3, -0.25) is 9.59 Å². The third kappa shape index (κ3) is 2.84. The summed E-state index contributed by atoms with van der Waals surface area (Å²) in [5.74, 6) is -0.525. The normalized spacial score (nSPS) is 11.2. The lowest BCUT2D eigenvalue weighted by Gasteiger charge is -2.12. The summed E-state index contributed by atoms with van der Waals surface area (Å²) in [7, 11) is 7.07. The highest BCUT2D eigenvalue weighted by Crippen LogP contribution is 2.30. The first-order chi connectivity index (χ1) is 13.8. The van der Waals surface area contributed by atoms with Gasteiger partial charge in [-0.05, 0) is 30.3 Å². The topological polar surface area (TPSA) is 83.0 Å². The number of H-pyrrole nitrogens is 1. The van der Waals surface area contributed by atoms with Crippen LogP contribution in [0.5, 0.6) is 0 Å². The van der Waals surface area contributed by atoms with Crippen LogP contribution < -0.4 is 15.6 Å². The number of aryl methyl sites for hydroxylation is 1. The number of hydrogen-bond donors (Lipinski definition) is 2. The molecule has 0 unspecified atom stereocenters. The molecular formula is C21H20FN5O2. The number of carbonyl (C=O) groups excluding carboxylic acids is 1. The molecule has 0 aliphatic rings. The van der Waals surface area contributed by atoms with Gasteiger partial charge in [0.25, 0.3) is 5.91 Å². The number of aromatic amines is 1. The van der Waals surface area contributed by atoms with Crippen molar-refractivity contribution < 1.29 is 9.18 Å². The molecule has 7 nitrogen and oxygen atoms in total. The Morgan fingerprint density at radius 3 is 2.55 bits per heavy atom. The zero-order valence-electron chi connectivity index (χ0n) is 16.5. The smallest absolute Gasteiger partial charge is 0.256 e. The molecule has 2 aromatic carbocycles. The van der Waals surface area contributed by atoms with Crippen molar-refractivity contribution in [1.29, 1.82) is 0 Å². The SMILES string of the molecule is CNC(=O)c1c[nH]c2c(cc(F)c3c2nc(-c2ccc(N(C)C)cc2)n3C)c1=O. The first-order valence-electron chi connectivity index (χ1n) is 9.03. The van der Waals surface area contributed by atoms with E-state index in [4.69, 9.17) is 0 Å². The fourth-order valence-electron chi connectivity index (χ4n) is 3.49. The number of nitrogens with zero attached hydrogens (tertiary/aromatic N) is 3. The van der Waals surface area contributed by atoms with Crippen LogP contribution in [0.1, 0.15) is 10.4 Å². The first kappa shape index (κ1) is 18.7. The molecule has 0 aliphatic carbocycles. The number of pyridine rings is 1. The molecule has 2 N–H and O–H groups in total. The largest absolute Gasteiger partial charge is 0.378 e.